The maximum atomic E-state index is 11.8. The van der Waals surface area contributed by atoms with Gasteiger partial charge in [0.1, 0.15) is 5.52 Å². The number of hydrogen-bond donors (Lipinski definition) is 2. The van der Waals surface area contributed by atoms with E-state index in [9.17, 15) is 4.79 Å². The van der Waals surface area contributed by atoms with E-state index >= 15 is 0 Å². The van der Waals surface area contributed by atoms with Gasteiger partial charge in [0, 0.05) is 25.5 Å². The molecule has 5 nitrogen and oxygen atoms in total. The molecule has 0 saturated carbocycles. The van der Waals surface area contributed by atoms with Crippen LogP contribution in [0, 0.1) is 0 Å². The molecule has 0 saturated heterocycles. The van der Waals surface area contributed by atoms with E-state index in [0.29, 0.717) is 29.7 Å². The van der Waals surface area contributed by atoms with Crippen LogP contribution in [-0.4, -0.2) is 29.0 Å². The number of para-hydroxylation sites is 1. The van der Waals surface area contributed by atoms with Gasteiger partial charge in [0.05, 0.1) is 11.1 Å². The van der Waals surface area contributed by atoms with Crippen LogP contribution in [0.5, 0.6) is 0 Å². The molecule has 0 atom stereocenters. The van der Waals surface area contributed by atoms with E-state index in [0.717, 1.165) is 0 Å². The topological polar surface area (TPSA) is 80.9 Å². The summed E-state index contributed by atoms with van der Waals surface area (Å²) in [6.07, 6.45) is 3.17. The summed E-state index contributed by atoms with van der Waals surface area (Å²) in [7, 11) is 0. The lowest BCUT2D eigenvalue weighted by molar-refractivity contribution is 0.0956. The van der Waals surface area contributed by atoms with Crippen molar-refractivity contribution in [2.45, 2.75) is 0 Å². The first-order valence-corrected chi connectivity index (χ1v) is 5.01. The molecule has 0 bridgehead atoms. The summed E-state index contributed by atoms with van der Waals surface area (Å²) in [5.74, 6) is -0.170. The lowest BCUT2D eigenvalue weighted by Gasteiger charge is -2.05. The normalized spacial score (nSPS) is 10.3. The fraction of sp³-hybridized carbons (Fsp3) is 0.182. The molecule has 0 aliphatic rings. The van der Waals surface area contributed by atoms with E-state index in [1.54, 1.807) is 24.5 Å². The zero-order chi connectivity index (χ0) is 11.4. The minimum atomic E-state index is -0.170. The Morgan fingerprint density at radius 3 is 2.94 bits per heavy atom. The van der Waals surface area contributed by atoms with Crippen molar-refractivity contribution in [2.24, 2.45) is 5.73 Å². The van der Waals surface area contributed by atoms with Gasteiger partial charge >= 0.3 is 0 Å². The first kappa shape index (κ1) is 10.5. The summed E-state index contributed by atoms with van der Waals surface area (Å²) >= 11 is 0. The number of benzene rings is 1. The molecule has 0 aliphatic heterocycles. The second-order valence-electron chi connectivity index (χ2n) is 3.27. The van der Waals surface area contributed by atoms with E-state index < -0.39 is 0 Å². The number of amides is 1. The predicted octanol–water partition coefficient (Wildman–Crippen LogP) is 0.318. The fourth-order valence-corrected chi connectivity index (χ4v) is 1.46. The van der Waals surface area contributed by atoms with E-state index in [-0.39, 0.29) is 5.91 Å². The van der Waals surface area contributed by atoms with Crippen LogP contribution >= 0.6 is 0 Å². The number of nitrogens with one attached hydrogen (secondary N) is 1. The first-order valence-electron chi connectivity index (χ1n) is 5.01. The van der Waals surface area contributed by atoms with E-state index in [1.165, 1.54) is 0 Å². The maximum Gasteiger partial charge on any atom is 0.253 e. The number of aromatic nitrogens is 2. The fourth-order valence-electron chi connectivity index (χ4n) is 1.46. The van der Waals surface area contributed by atoms with Gasteiger partial charge < -0.3 is 11.1 Å². The standard InChI is InChI=1S/C11H12N4O/c12-4-5-15-11(16)8-2-1-3-9-10(8)14-7-6-13-9/h1-3,6-7H,4-5,12H2,(H,15,16). The highest BCUT2D eigenvalue weighted by atomic mass is 16.1. The van der Waals surface area contributed by atoms with E-state index in [1.807, 2.05) is 6.07 Å². The van der Waals surface area contributed by atoms with Crippen molar-refractivity contribution in [3.05, 3.63) is 36.2 Å². The second-order valence-corrected chi connectivity index (χ2v) is 3.27. The van der Waals surface area contributed by atoms with Crippen LogP contribution in [0.1, 0.15) is 10.4 Å². The highest BCUT2D eigenvalue weighted by Crippen LogP contribution is 2.13. The van der Waals surface area contributed by atoms with Crippen molar-refractivity contribution < 1.29 is 4.79 Å². The molecular formula is C11H12N4O. The quantitative estimate of drug-likeness (QED) is 0.774. The number of carbonyl (C=O) groups excluding carboxylic acids is 1. The lowest BCUT2D eigenvalue weighted by Crippen LogP contribution is -2.29. The largest absolute Gasteiger partial charge is 0.351 e. The summed E-state index contributed by atoms with van der Waals surface area (Å²) in [4.78, 5) is 20.1. The summed E-state index contributed by atoms with van der Waals surface area (Å²) in [5, 5.41) is 2.71. The monoisotopic (exact) mass is 216 g/mol. The van der Waals surface area contributed by atoms with Gasteiger partial charge in [-0.05, 0) is 12.1 Å². The molecule has 82 valence electrons. The molecule has 0 spiro atoms. The molecule has 5 heteroatoms. The second kappa shape index (κ2) is 4.67. The first-order chi connectivity index (χ1) is 7.83. The molecule has 0 radical (unpaired) electrons. The summed E-state index contributed by atoms with van der Waals surface area (Å²) in [6.45, 7) is 0.873. The average molecular weight is 216 g/mol. The molecule has 2 aromatic rings. The summed E-state index contributed by atoms with van der Waals surface area (Å²) < 4.78 is 0. The minimum Gasteiger partial charge on any atom is -0.351 e. The Balaban J connectivity index is 2.40. The Bertz CT molecular complexity index is 507. The van der Waals surface area contributed by atoms with Crippen LogP contribution in [0.2, 0.25) is 0 Å². The number of nitrogens with two attached hydrogens (primary N) is 1. The Labute approximate surface area is 92.7 Å². The molecule has 16 heavy (non-hydrogen) atoms. The predicted molar refractivity (Wildman–Crippen MR) is 60.9 cm³/mol. The third kappa shape index (κ3) is 1.99. The number of rotatable bonds is 3. The van der Waals surface area contributed by atoms with Crippen LogP contribution in [0.15, 0.2) is 30.6 Å². The Kier molecular flexibility index (Phi) is 3.07. The molecular weight excluding hydrogens is 204 g/mol. The number of fused-ring (bicyclic) bond motifs is 1. The van der Waals surface area contributed by atoms with Crippen LogP contribution in [0.4, 0.5) is 0 Å². The van der Waals surface area contributed by atoms with Crippen molar-refractivity contribution in [1.82, 2.24) is 15.3 Å². The number of nitrogens with zero attached hydrogens (tertiary/aromatic N) is 2. The molecule has 0 unspecified atom stereocenters. The van der Waals surface area contributed by atoms with Gasteiger partial charge in [-0.3, -0.25) is 14.8 Å². The van der Waals surface area contributed by atoms with Crippen LogP contribution in [0.3, 0.4) is 0 Å². The van der Waals surface area contributed by atoms with Crippen LogP contribution in [0.25, 0.3) is 11.0 Å². The van der Waals surface area contributed by atoms with E-state index in [2.05, 4.69) is 15.3 Å². The number of hydrogen-bond acceptors (Lipinski definition) is 4. The molecule has 1 aromatic heterocycles. The molecule has 1 amide bonds. The third-order valence-electron chi connectivity index (χ3n) is 2.17. The zero-order valence-corrected chi connectivity index (χ0v) is 8.68. The summed E-state index contributed by atoms with van der Waals surface area (Å²) in [6, 6.07) is 5.33. The Morgan fingerprint density at radius 1 is 1.31 bits per heavy atom. The van der Waals surface area contributed by atoms with Crippen molar-refractivity contribution in [1.29, 1.82) is 0 Å². The third-order valence-corrected chi connectivity index (χ3v) is 2.17. The van der Waals surface area contributed by atoms with Crippen molar-refractivity contribution in [3.63, 3.8) is 0 Å². The van der Waals surface area contributed by atoms with Gasteiger partial charge in [-0.25, -0.2) is 0 Å². The zero-order valence-electron chi connectivity index (χ0n) is 8.68. The van der Waals surface area contributed by atoms with Gasteiger partial charge in [0.15, 0.2) is 0 Å². The van der Waals surface area contributed by atoms with E-state index in [4.69, 9.17) is 5.73 Å². The van der Waals surface area contributed by atoms with Gasteiger partial charge in [-0.2, -0.15) is 0 Å². The Morgan fingerprint density at radius 2 is 2.12 bits per heavy atom. The molecule has 0 fully saturated rings. The number of carbonyl (C=O) groups is 1. The highest BCUT2D eigenvalue weighted by molar-refractivity contribution is 6.04. The SMILES string of the molecule is NCCNC(=O)c1cccc2nccnc12. The lowest BCUT2D eigenvalue weighted by atomic mass is 10.1. The van der Waals surface area contributed by atoms with Crippen molar-refractivity contribution >= 4 is 16.9 Å². The van der Waals surface area contributed by atoms with Gasteiger partial charge in [-0.15, -0.1) is 0 Å². The molecule has 1 heterocycles. The summed E-state index contributed by atoms with van der Waals surface area (Å²) in [5.41, 5.74) is 7.17. The molecule has 3 N–H and O–H groups in total. The smallest absolute Gasteiger partial charge is 0.253 e. The Hall–Kier alpha value is -2.01. The van der Waals surface area contributed by atoms with Gasteiger partial charge in [0.2, 0.25) is 0 Å². The molecule has 1 aromatic carbocycles. The minimum absolute atomic E-state index is 0.170. The van der Waals surface area contributed by atoms with Crippen molar-refractivity contribution in [3.8, 4) is 0 Å². The average Bonchev–Trinajstić information content (AvgIpc) is 2.35. The van der Waals surface area contributed by atoms with Crippen LogP contribution in [-0.2, 0) is 0 Å². The highest BCUT2D eigenvalue weighted by Gasteiger charge is 2.09. The maximum absolute atomic E-state index is 11.8. The van der Waals surface area contributed by atoms with Crippen molar-refractivity contribution in [2.75, 3.05) is 13.1 Å². The molecule has 2 rings (SSSR count). The molecule has 0 aliphatic carbocycles. The van der Waals surface area contributed by atoms with Crippen LogP contribution < -0.4 is 11.1 Å². The van der Waals surface area contributed by atoms with Gasteiger partial charge in [-0.1, -0.05) is 6.07 Å². The van der Waals surface area contributed by atoms with Gasteiger partial charge in [0.25, 0.3) is 5.91 Å².